The lowest BCUT2D eigenvalue weighted by Crippen LogP contribution is -2.54. The SMILES string of the molecule is CC(C)[C@H](NC(=O)OCC1c2ccccc2-c2ccccc21)C(=O)N[C@@H](Cc1ccccc1)C(=O)O. The molecule has 2 atom stereocenters. The van der Waals surface area contributed by atoms with Gasteiger partial charge in [-0.2, -0.15) is 0 Å². The first-order valence-electron chi connectivity index (χ1n) is 12.0. The average molecular weight is 487 g/mol. The monoisotopic (exact) mass is 486 g/mol. The second-order valence-electron chi connectivity index (χ2n) is 9.28. The van der Waals surface area contributed by atoms with Crippen LogP contribution in [0.1, 0.15) is 36.5 Å². The van der Waals surface area contributed by atoms with E-state index in [-0.39, 0.29) is 24.9 Å². The van der Waals surface area contributed by atoms with E-state index in [1.807, 2.05) is 54.6 Å². The number of carboxylic acid groups (broad SMARTS) is 1. The molecule has 0 fully saturated rings. The first kappa shape index (κ1) is 25.0. The van der Waals surface area contributed by atoms with E-state index in [4.69, 9.17) is 4.74 Å². The van der Waals surface area contributed by atoms with Gasteiger partial charge in [-0.3, -0.25) is 4.79 Å². The minimum absolute atomic E-state index is 0.100. The van der Waals surface area contributed by atoms with Gasteiger partial charge in [-0.05, 0) is 33.7 Å². The second-order valence-corrected chi connectivity index (χ2v) is 9.28. The molecule has 4 rings (SSSR count). The van der Waals surface area contributed by atoms with Crippen molar-refractivity contribution >= 4 is 18.0 Å². The molecule has 3 aromatic rings. The molecule has 0 radical (unpaired) electrons. The minimum Gasteiger partial charge on any atom is -0.480 e. The highest BCUT2D eigenvalue weighted by Gasteiger charge is 2.31. The van der Waals surface area contributed by atoms with Gasteiger partial charge in [-0.25, -0.2) is 9.59 Å². The van der Waals surface area contributed by atoms with E-state index in [1.165, 1.54) is 0 Å². The number of ether oxygens (including phenoxy) is 1. The number of aliphatic carboxylic acids is 1. The summed E-state index contributed by atoms with van der Waals surface area (Å²) in [5.41, 5.74) is 5.22. The van der Waals surface area contributed by atoms with Crippen LogP contribution in [-0.4, -0.2) is 41.8 Å². The summed E-state index contributed by atoms with van der Waals surface area (Å²) in [6, 6.07) is 23.1. The molecule has 7 nitrogen and oxygen atoms in total. The molecule has 0 bridgehead atoms. The van der Waals surface area contributed by atoms with E-state index < -0.39 is 30.1 Å². The predicted molar refractivity (Wildman–Crippen MR) is 137 cm³/mol. The molecular weight excluding hydrogens is 456 g/mol. The summed E-state index contributed by atoms with van der Waals surface area (Å²) in [6.07, 6.45) is -0.585. The molecule has 2 amide bonds. The lowest BCUT2D eigenvalue weighted by molar-refractivity contribution is -0.142. The van der Waals surface area contributed by atoms with E-state index in [9.17, 15) is 19.5 Å². The fourth-order valence-corrected chi connectivity index (χ4v) is 4.61. The quantitative estimate of drug-likeness (QED) is 0.417. The fourth-order valence-electron chi connectivity index (χ4n) is 4.61. The highest BCUT2D eigenvalue weighted by molar-refractivity contribution is 5.89. The normalized spacial score (nSPS) is 13.9. The van der Waals surface area contributed by atoms with Crippen molar-refractivity contribution in [3.05, 3.63) is 95.6 Å². The molecule has 3 N–H and O–H groups in total. The summed E-state index contributed by atoms with van der Waals surface area (Å²) in [6.45, 7) is 3.68. The third kappa shape index (κ3) is 5.57. The van der Waals surface area contributed by atoms with Gasteiger partial charge in [0.15, 0.2) is 0 Å². The number of carbonyl (C=O) groups is 3. The topological polar surface area (TPSA) is 105 Å². The number of amides is 2. The molecule has 0 unspecified atom stereocenters. The fraction of sp³-hybridized carbons (Fsp3) is 0.276. The van der Waals surface area contributed by atoms with E-state index in [2.05, 4.69) is 22.8 Å². The molecule has 0 saturated heterocycles. The van der Waals surface area contributed by atoms with Crippen LogP contribution in [-0.2, 0) is 20.7 Å². The van der Waals surface area contributed by atoms with Crippen LogP contribution in [0, 0.1) is 5.92 Å². The molecule has 1 aliphatic rings. The Morgan fingerprint density at radius 3 is 1.94 bits per heavy atom. The van der Waals surface area contributed by atoms with Crippen LogP contribution in [0.2, 0.25) is 0 Å². The number of hydrogen-bond donors (Lipinski definition) is 3. The summed E-state index contributed by atoms with van der Waals surface area (Å²) in [4.78, 5) is 37.5. The number of hydrogen-bond acceptors (Lipinski definition) is 4. The maximum absolute atomic E-state index is 13.0. The maximum atomic E-state index is 13.0. The number of alkyl carbamates (subject to hydrolysis) is 1. The largest absolute Gasteiger partial charge is 0.480 e. The van der Waals surface area contributed by atoms with Gasteiger partial charge >= 0.3 is 12.1 Å². The molecule has 3 aromatic carbocycles. The molecule has 0 heterocycles. The Kier molecular flexibility index (Phi) is 7.68. The number of fused-ring (bicyclic) bond motifs is 3. The van der Waals surface area contributed by atoms with Crippen LogP contribution in [0.25, 0.3) is 11.1 Å². The molecule has 0 saturated carbocycles. The third-order valence-electron chi connectivity index (χ3n) is 6.46. The zero-order chi connectivity index (χ0) is 25.7. The van der Waals surface area contributed by atoms with Crippen LogP contribution in [0.4, 0.5) is 4.79 Å². The van der Waals surface area contributed by atoms with Crippen LogP contribution >= 0.6 is 0 Å². The van der Waals surface area contributed by atoms with Crippen molar-refractivity contribution in [2.24, 2.45) is 5.92 Å². The average Bonchev–Trinajstić information content (AvgIpc) is 3.19. The first-order valence-corrected chi connectivity index (χ1v) is 12.0. The Hall–Kier alpha value is -4.13. The Morgan fingerprint density at radius 2 is 1.39 bits per heavy atom. The summed E-state index contributed by atoms with van der Waals surface area (Å²) in [5.74, 6) is -2.09. The van der Waals surface area contributed by atoms with Gasteiger partial charge < -0.3 is 20.5 Å². The lowest BCUT2D eigenvalue weighted by Gasteiger charge is -2.24. The van der Waals surface area contributed by atoms with Crippen LogP contribution in [0.3, 0.4) is 0 Å². The number of carbonyl (C=O) groups excluding carboxylic acids is 2. The molecule has 0 aromatic heterocycles. The number of carboxylic acids is 1. The molecule has 0 spiro atoms. The summed E-state index contributed by atoms with van der Waals surface area (Å²) >= 11 is 0. The second kappa shape index (κ2) is 11.1. The minimum atomic E-state index is -1.14. The van der Waals surface area contributed by atoms with Gasteiger partial charge in [0, 0.05) is 12.3 Å². The van der Waals surface area contributed by atoms with E-state index in [1.54, 1.807) is 26.0 Å². The van der Waals surface area contributed by atoms with Gasteiger partial charge in [0.25, 0.3) is 0 Å². The van der Waals surface area contributed by atoms with Gasteiger partial charge in [-0.1, -0.05) is 92.7 Å². The van der Waals surface area contributed by atoms with Crippen molar-refractivity contribution in [2.75, 3.05) is 6.61 Å². The van der Waals surface area contributed by atoms with Crippen LogP contribution in [0.5, 0.6) is 0 Å². The predicted octanol–water partition coefficient (Wildman–Crippen LogP) is 4.36. The van der Waals surface area contributed by atoms with Crippen molar-refractivity contribution in [1.82, 2.24) is 10.6 Å². The van der Waals surface area contributed by atoms with Gasteiger partial charge in [0.2, 0.25) is 5.91 Å². The molecule has 36 heavy (non-hydrogen) atoms. The summed E-state index contributed by atoms with van der Waals surface area (Å²) < 4.78 is 5.57. The third-order valence-corrected chi connectivity index (χ3v) is 6.46. The van der Waals surface area contributed by atoms with Crippen molar-refractivity contribution in [2.45, 2.75) is 38.3 Å². The van der Waals surface area contributed by atoms with Crippen molar-refractivity contribution in [3.63, 3.8) is 0 Å². The van der Waals surface area contributed by atoms with E-state index in [0.717, 1.165) is 27.8 Å². The van der Waals surface area contributed by atoms with Crippen LogP contribution < -0.4 is 10.6 Å². The molecule has 7 heteroatoms. The Labute approximate surface area is 210 Å². The Morgan fingerprint density at radius 1 is 0.833 bits per heavy atom. The molecule has 0 aliphatic heterocycles. The van der Waals surface area contributed by atoms with Crippen molar-refractivity contribution in [1.29, 1.82) is 0 Å². The zero-order valence-corrected chi connectivity index (χ0v) is 20.3. The number of benzene rings is 3. The van der Waals surface area contributed by atoms with E-state index >= 15 is 0 Å². The molecular formula is C29H30N2O5. The van der Waals surface area contributed by atoms with Gasteiger partial charge in [-0.15, -0.1) is 0 Å². The Bertz CT molecular complexity index is 1200. The Balaban J connectivity index is 1.39. The highest BCUT2D eigenvalue weighted by Crippen LogP contribution is 2.44. The first-order chi connectivity index (χ1) is 17.3. The number of rotatable bonds is 9. The van der Waals surface area contributed by atoms with Crippen molar-refractivity contribution < 1.29 is 24.2 Å². The van der Waals surface area contributed by atoms with Gasteiger partial charge in [0.1, 0.15) is 18.7 Å². The molecule has 186 valence electrons. The lowest BCUT2D eigenvalue weighted by atomic mass is 9.98. The van der Waals surface area contributed by atoms with Gasteiger partial charge in [0.05, 0.1) is 0 Å². The summed E-state index contributed by atoms with van der Waals surface area (Å²) in [5, 5.41) is 14.8. The van der Waals surface area contributed by atoms with Crippen LogP contribution in [0.15, 0.2) is 78.9 Å². The highest BCUT2D eigenvalue weighted by atomic mass is 16.5. The summed E-state index contributed by atoms with van der Waals surface area (Å²) in [7, 11) is 0. The standard InChI is InChI=1S/C29H30N2O5/c1-18(2)26(27(32)30-25(28(33)34)16-19-10-4-3-5-11-19)31-29(35)36-17-24-22-14-8-6-12-20(22)21-13-7-9-15-23(21)24/h3-15,18,24-26H,16-17H2,1-2H3,(H,30,32)(H,31,35)(H,33,34)/t25-,26-/m0/s1. The smallest absolute Gasteiger partial charge is 0.407 e. The number of nitrogens with one attached hydrogen (secondary N) is 2. The van der Waals surface area contributed by atoms with E-state index in [0.29, 0.717) is 0 Å². The molecule has 1 aliphatic carbocycles. The maximum Gasteiger partial charge on any atom is 0.407 e. The zero-order valence-electron chi connectivity index (χ0n) is 20.3. The van der Waals surface area contributed by atoms with Crippen molar-refractivity contribution in [3.8, 4) is 11.1 Å².